The van der Waals surface area contributed by atoms with Crippen molar-refractivity contribution in [1.82, 2.24) is 10.6 Å². The minimum atomic E-state index is 0.0690. The molecule has 0 aromatic carbocycles. The van der Waals surface area contributed by atoms with E-state index < -0.39 is 0 Å². The molecule has 2 N–H and O–H groups in total. The Morgan fingerprint density at radius 2 is 2.00 bits per heavy atom. The van der Waals surface area contributed by atoms with Crippen molar-refractivity contribution >= 4 is 5.91 Å². The molecule has 0 aromatic heterocycles. The van der Waals surface area contributed by atoms with Gasteiger partial charge in [0.05, 0.1) is 13.2 Å². The van der Waals surface area contributed by atoms with E-state index in [1.165, 1.54) is 0 Å². The van der Waals surface area contributed by atoms with Gasteiger partial charge in [-0.1, -0.05) is 26.7 Å². The first-order valence-corrected chi connectivity index (χ1v) is 6.78. The molecule has 4 heteroatoms. The largest absolute Gasteiger partial charge is 0.380 e. The molecule has 0 aliphatic heterocycles. The molecule has 0 aliphatic carbocycles. The van der Waals surface area contributed by atoms with Gasteiger partial charge in [-0.05, 0) is 19.8 Å². The second-order valence-corrected chi connectivity index (χ2v) is 4.40. The Labute approximate surface area is 105 Å². The fourth-order valence-electron chi connectivity index (χ4n) is 1.53. The van der Waals surface area contributed by atoms with Crippen molar-refractivity contribution < 1.29 is 9.53 Å². The maximum Gasteiger partial charge on any atom is 0.234 e. The molecule has 0 spiro atoms. The smallest absolute Gasteiger partial charge is 0.234 e. The highest BCUT2D eigenvalue weighted by atomic mass is 16.5. The van der Waals surface area contributed by atoms with Gasteiger partial charge >= 0.3 is 0 Å². The molecule has 0 radical (unpaired) electrons. The molecule has 0 bridgehead atoms. The monoisotopic (exact) mass is 244 g/mol. The van der Waals surface area contributed by atoms with E-state index in [1.807, 2.05) is 6.92 Å². The number of carbonyl (C=O) groups excluding carboxylic acids is 1. The lowest BCUT2D eigenvalue weighted by Gasteiger charge is -2.13. The van der Waals surface area contributed by atoms with Crippen molar-refractivity contribution in [2.24, 2.45) is 0 Å². The molecule has 4 nitrogen and oxygen atoms in total. The minimum absolute atomic E-state index is 0.0690. The van der Waals surface area contributed by atoms with E-state index in [0.717, 1.165) is 38.8 Å². The summed E-state index contributed by atoms with van der Waals surface area (Å²) in [6, 6.07) is 0.273. The number of nitrogens with one attached hydrogen (secondary N) is 2. The van der Waals surface area contributed by atoms with Crippen LogP contribution in [0.25, 0.3) is 0 Å². The van der Waals surface area contributed by atoms with Crippen LogP contribution in [-0.4, -0.2) is 38.3 Å². The van der Waals surface area contributed by atoms with Gasteiger partial charge in [0.25, 0.3) is 0 Å². The topological polar surface area (TPSA) is 50.4 Å². The van der Waals surface area contributed by atoms with E-state index in [1.54, 1.807) is 0 Å². The van der Waals surface area contributed by atoms with E-state index in [-0.39, 0.29) is 11.9 Å². The molecule has 1 atom stereocenters. The van der Waals surface area contributed by atoms with Gasteiger partial charge in [0, 0.05) is 19.2 Å². The first kappa shape index (κ1) is 16.4. The number of amides is 1. The Morgan fingerprint density at radius 1 is 1.24 bits per heavy atom. The summed E-state index contributed by atoms with van der Waals surface area (Å²) < 4.78 is 5.38. The van der Waals surface area contributed by atoms with E-state index in [0.29, 0.717) is 13.2 Å². The average Bonchev–Trinajstić information content (AvgIpc) is 2.28. The molecule has 102 valence electrons. The molecule has 0 saturated heterocycles. The summed E-state index contributed by atoms with van der Waals surface area (Å²) in [7, 11) is 0. The Kier molecular flexibility index (Phi) is 11.4. The van der Waals surface area contributed by atoms with Crippen LogP contribution in [0.3, 0.4) is 0 Å². The van der Waals surface area contributed by atoms with Crippen molar-refractivity contribution in [3.05, 3.63) is 0 Å². The Bertz CT molecular complexity index is 186. The molecule has 0 aromatic rings. The standard InChI is InChI=1S/C13H28N2O2/c1-4-6-9-17-10-8-14-11-13(16)15-12(3)7-5-2/h12,14H,4-11H2,1-3H3,(H,15,16). The van der Waals surface area contributed by atoms with E-state index in [2.05, 4.69) is 24.5 Å². The van der Waals surface area contributed by atoms with Gasteiger partial charge in [-0.15, -0.1) is 0 Å². The number of hydrogen-bond acceptors (Lipinski definition) is 3. The molecule has 1 amide bonds. The van der Waals surface area contributed by atoms with Crippen LogP contribution in [0.15, 0.2) is 0 Å². The Morgan fingerprint density at radius 3 is 2.65 bits per heavy atom. The maximum absolute atomic E-state index is 11.4. The maximum atomic E-state index is 11.4. The van der Waals surface area contributed by atoms with E-state index >= 15 is 0 Å². The highest BCUT2D eigenvalue weighted by Crippen LogP contribution is 1.93. The first-order valence-electron chi connectivity index (χ1n) is 6.78. The second kappa shape index (κ2) is 11.9. The molecule has 17 heavy (non-hydrogen) atoms. The van der Waals surface area contributed by atoms with Crippen molar-refractivity contribution in [3.8, 4) is 0 Å². The number of unbranched alkanes of at least 4 members (excludes halogenated alkanes) is 1. The van der Waals surface area contributed by atoms with E-state index in [4.69, 9.17) is 4.74 Å². The summed E-state index contributed by atoms with van der Waals surface area (Å²) >= 11 is 0. The lowest BCUT2D eigenvalue weighted by Crippen LogP contribution is -2.39. The molecular formula is C13H28N2O2. The Hall–Kier alpha value is -0.610. The third-order valence-electron chi connectivity index (χ3n) is 2.48. The molecule has 0 saturated carbocycles. The lowest BCUT2D eigenvalue weighted by molar-refractivity contribution is -0.120. The van der Waals surface area contributed by atoms with Crippen LogP contribution < -0.4 is 10.6 Å². The summed E-state index contributed by atoms with van der Waals surface area (Å²) in [5.74, 6) is 0.0690. The number of ether oxygens (including phenoxy) is 1. The van der Waals surface area contributed by atoms with Gasteiger partial charge in [-0.25, -0.2) is 0 Å². The van der Waals surface area contributed by atoms with Crippen LogP contribution in [0.1, 0.15) is 46.5 Å². The first-order chi connectivity index (χ1) is 8.20. The number of rotatable bonds is 11. The molecule has 1 unspecified atom stereocenters. The molecule has 0 heterocycles. The van der Waals surface area contributed by atoms with Gasteiger partial charge in [-0.3, -0.25) is 4.79 Å². The second-order valence-electron chi connectivity index (χ2n) is 4.40. The van der Waals surface area contributed by atoms with Crippen LogP contribution >= 0.6 is 0 Å². The third kappa shape index (κ3) is 11.6. The normalized spacial score (nSPS) is 12.4. The van der Waals surface area contributed by atoms with Crippen molar-refractivity contribution in [2.45, 2.75) is 52.5 Å². The highest BCUT2D eigenvalue weighted by Gasteiger charge is 2.05. The summed E-state index contributed by atoms with van der Waals surface area (Å²) in [6.07, 6.45) is 4.40. The van der Waals surface area contributed by atoms with Crippen molar-refractivity contribution in [2.75, 3.05) is 26.3 Å². The summed E-state index contributed by atoms with van der Waals surface area (Å²) in [5, 5.41) is 6.02. The predicted molar refractivity (Wildman–Crippen MR) is 71.1 cm³/mol. The van der Waals surface area contributed by atoms with Crippen LogP contribution in [0.5, 0.6) is 0 Å². The van der Waals surface area contributed by atoms with Gasteiger partial charge in [0.1, 0.15) is 0 Å². The van der Waals surface area contributed by atoms with Gasteiger partial charge in [0.15, 0.2) is 0 Å². The van der Waals surface area contributed by atoms with Crippen molar-refractivity contribution in [1.29, 1.82) is 0 Å². The highest BCUT2D eigenvalue weighted by molar-refractivity contribution is 5.78. The third-order valence-corrected chi connectivity index (χ3v) is 2.48. The fourth-order valence-corrected chi connectivity index (χ4v) is 1.53. The van der Waals surface area contributed by atoms with Crippen LogP contribution in [0, 0.1) is 0 Å². The molecule has 0 rings (SSSR count). The number of hydrogen-bond donors (Lipinski definition) is 2. The van der Waals surface area contributed by atoms with Crippen LogP contribution in [0.2, 0.25) is 0 Å². The zero-order valence-electron chi connectivity index (χ0n) is 11.6. The quantitative estimate of drug-likeness (QED) is 0.544. The van der Waals surface area contributed by atoms with Gasteiger partial charge in [0.2, 0.25) is 5.91 Å². The summed E-state index contributed by atoms with van der Waals surface area (Å²) in [6.45, 7) is 8.91. The number of carbonyl (C=O) groups is 1. The summed E-state index contributed by atoms with van der Waals surface area (Å²) in [5.41, 5.74) is 0. The fraction of sp³-hybridized carbons (Fsp3) is 0.923. The zero-order valence-corrected chi connectivity index (χ0v) is 11.6. The molecule has 0 fully saturated rings. The Balaban J connectivity index is 3.27. The summed E-state index contributed by atoms with van der Waals surface area (Å²) in [4.78, 5) is 11.4. The molecular weight excluding hydrogens is 216 g/mol. The van der Waals surface area contributed by atoms with Gasteiger partial charge < -0.3 is 15.4 Å². The van der Waals surface area contributed by atoms with Crippen LogP contribution in [-0.2, 0) is 9.53 Å². The zero-order chi connectivity index (χ0) is 12.9. The van der Waals surface area contributed by atoms with E-state index in [9.17, 15) is 4.79 Å². The average molecular weight is 244 g/mol. The van der Waals surface area contributed by atoms with Crippen molar-refractivity contribution in [3.63, 3.8) is 0 Å². The SMILES string of the molecule is CCCCOCCNCC(=O)NC(C)CCC. The van der Waals surface area contributed by atoms with Crippen LogP contribution in [0.4, 0.5) is 0 Å². The van der Waals surface area contributed by atoms with Gasteiger partial charge in [-0.2, -0.15) is 0 Å². The predicted octanol–water partition coefficient (Wildman–Crippen LogP) is 1.70. The molecule has 0 aliphatic rings. The minimum Gasteiger partial charge on any atom is -0.380 e. The lowest BCUT2D eigenvalue weighted by atomic mass is 10.2.